The van der Waals surface area contributed by atoms with Crippen molar-refractivity contribution in [2.24, 2.45) is 15.9 Å². The number of nitrogens with two attached hydrogens (primary N) is 2. The molecule has 1 amide bonds. The molecule has 3 aromatic carbocycles. The monoisotopic (exact) mass is 434 g/mol. The molecule has 0 atom stereocenters. The van der Waals surface area contributed by atoms with Gasteiger partial charge in [-0.05, 0) is 35.2 Å². The molecule has 4 N–H and O–H groups in total. The smallest absolute Gasteiger partial charge is 0.266 e. The second-order valence-corrected chi connectivity index (χ2v) is 8.87. The Morgan fingerprint density at radius 2 is 1.35 bits per heavy atom. The zero-order chi connectivity index (χ0) is 22.1. The molecular formula is C23H22N4O3S. The van der Waals surface area contributed by atoms with Crippen molar-refractivity contribution in [3.05, 3.63) is 102 Å². The molecular weight excluding hydrogens is 412 g/mol. The Morgan fingerprint density at radius 1 is 0.839 bits per heavy atom. The minimum Gasteiger partial charge on any atom is -0.369 e. The van der Waals surface area contributed by atoms with Crippen molar-refractivity contribution in [3.8, 4) is 0 Å². The molecule has 0 aromatic heterocycles. The molecule has 4 rings (SSSR count). The Kier molecular flexibility index (Phi) is 5.34. The van der Waals surface area contributed by atoms with Crippen molar-refractivity contribution in [1.29, 1.82) is 0 Å². The average molecular weight is 435 g/mol. The maximum atomic E-state index is 13.7. The van der Waals surface area contributed by atoms with E-state index in [4.69, 9.17) is 10.9 Å². The molecule has 0 spiro atoms. The van der Waals surface area contributed by atoms with Gasteiger partial charge in [-0.25, -0.2) is 18.5 Å². The number of guanidine groups is 1. The summed E-state index contributed by atoms with van der Waals surface area (Å²) in [5.74, 6) is -0.0672. The van der Waals surface area contributed by atoms with E-state index >= 15 is 0 Å². The second-order valence-electron chi connectivity index (χ2n) is 7.31. The topological polar surface area (TPSA) is 119 Å². The number of carbonyl (C=O) groups is 1. The first kappa shape index (κ1) is 20.8. The van der Waals surface area contributed by atoms with Gasteiger partial charge in [0.25, 0.3) is 5.91 Å². The van der Waals surface area contributed by atoms with Crippen molar-refractivity contribution in [1.82, 2.24) is 4.90 Å². The first-order valence-electron chi connectivity index (χ1n) is 9.72. The molecule has 0 saturated heterocycles. The molecule has 0 saturated carbocycles. The number of amides is 1. The van der Waals surface area contributed by atoms with Crippen molar-refractivity contribution < 1.29 is 13.2 Å². The first-order chi connectivity index (χ1) is 14.8. The Labute approximate surface area is 181 Å². The highest BCUT2D eigenvalue weighted by Crippen LogP contribution is 2.39. The predicted octanol–water partition coefficient (Wildman–Crippen LogP) is 1.98. The van der Waals surface area contributed by atoms with E-state index in [2.05, 4.69) is 4.99 Å². The first-order valence-corrected chi connectivity index (χ1v) is 11.3. The molecule has 158 valence electrons. The van der Waals surface area contributed by atoms with Crippen LogP contribution in [0.3, 0.4) is 0 Å². The SMILES string of the molecule is NC1=NC(c2ccccc2)(c2ccccc2)C(=O)N1CCc1ccc(S(N)(=O)=O)cc1. The van der Waals surface area contributed by atoms with Gasteiger partial charge in [0.1, 0.15) is 0 Å². The third-order valence-corrected chi connectivity index (χ3v) is 6.30. The summed E-state index contributed by atoms with van der Waals surface area (Å²) in [7, 11) is -3.75. The molecule has 1 aliphatic heterocycles. The zero-order valence-electron chi connectivity index (χ0n) is 16.7. The highest BCUT2D eigenvalue weighted by atomic mass is 32.2. The van der Waals surface area contributed by atoms with Crippen LogP contribution >= 0.6 is 0 Å². The molecule has 1 heterocycles. The van der Waals surface area contributed by atoms with Crippen LogP contribution in [0.1, 0.15) is 16.7 Å². The molecule has 0 fully saturated rings. The van der Waals surface area contributed by atoms with Crippen molar-refractivity contribution in [2.45, 2.75) is 16.9 Å². The number of sulfonamides is 1. The minimum absolute atomic E-state index is 0.0433. The van der Waals surface area contributed by atoms with Crippen LogP contribution in [-0.2, 0) is 26.8 Å². The van der Waals surface area contributed by atoms with Gasteiger partial charge in [0, 0.05) is 6.54 Å². The van der Waals surface area contributed by atoms with Gasteiger partial charge in [-0.2, -0.15) is 0 Å². The predicted molar refractivity (Wildman–Crippen MR) is 119 cm³/mol. The number of hydrogen-bond acceptors (Lipinski definition) is 5. The Balaban J connectivity index is 1.63. The molecule has 0 aliphatic carbocycles. The van der Waals surface area contributed by atoms with E-state index in [1.165, 1.54) is 17.0 Å². The normalized spacial score (nSPS) is 15.7. The van der Waals surface area contributed by atoms with Gasteiger partial charge in [-0.1, -0.05) is 72.8 Å². The molecule has 0 unspecified atom stereocenters. The summed E-state index contributed by atoms with van der Waals surface area (Å²) in [5, 5.41) is 5.14. The molecule has 8 heteroatoms. The fraction of sp³-hybridized carbons (Fsp3) is 0.130. The summed E-state index contributed by atoms with van der Waals surface area (Å²) in [6.45, 7) is 0.310. The summed E-state index contributed by atoms with van der Waals surface area (Å²) in [6, 6.07) is 25.0. The minimum atomic E-state index is -3.75. The van der Waals surface area contributed by atoms with E-state index in [-0.39, 0.29) is 16.8 Å². The summed E-state index contributed by atoms with van der Waals surface area (Å²) in [4.78, 5) is 19.9. The van der Waals surface area contributed by atoms with E-state index in [1.54, 1.807) is 12.1 Å². The van der Waals surface area contributed by atoms with Gasteiger partial charge in [0.15, 0.2) is 11.5 Å². The number of carbonyl (C=O) groups excluding carboxylic acids is 1. The number of primary sulfonamides is 1. The van der Waals surface area contributed by atoms with Crippen molar-refractivity contribution in [2.75, 3.05) is 6.54 Å². The fourth-order valence-corrected chi connectivity index (χ4v) is 4.30. The van der Waals surface area contributed by atoms with Gasteiger partial charge in [0.2, 0.25) is 10.0 Å². The van der Waals surface area contributed by atoms with Crippen molar-refractivity contribution >= 4 is 21.9 Å². The summed E-state index contributed by atoms with van der Waals surface area (Å²) in [6.07, 6.45) is 0.479. The van der Waals surface area contributed by atoms with Gasteiger partial charge < -0.3 is 5.73 Å². The molecule has 31 heavy (non-hydrogen) atoms. The van der Waals surface area contributed by atoms with Gasteiger partial charge in [-0.3, -0.25) is 9.69 Å². The number of benzene rings is 3. The number of rotatable bonds is 6. The maximum Gasteiger partial charge on any atom is 0.266 e. The van der Waals surface area contributed by atoms with Crippen molar-refractivity contribution in [3.63, 3.8) is 0 Å². The second kappa shape index (κ2) is 7.98. The fourth-order valence-electron chi connectivity index (χ4n) is 3.78. The summed E-state index contributed by atoms with van der Waals surface area (Å²) < 4.78 is 22.9. The van der Waals surface area contributed by atoms with Crippen LogP contribution < -0.4 is 10.9 Å². The van der Waals surface area contributed by atoms with E-state index in [9.17, 15) is 13.2 Å². The third-order valence-electron chi connectivity index (χ3n) is 5.37. The van der Waals surface area contributed by atoms with Crippen LogP contribution in [0.2, 0.25) is 0 Å². The molecule has 3 aromatic rings. The quantitative estimate of drug-likeness (QED) is 0.616. The standard InChI is InChI=1S/C23H22N4O3S/c24-22-26-23(18-7-3-1-4-8-18,19-9-5-2-6-10-19)21(28)27(22)16-15-17-11-13-20(14-12-17)31(25,29)30/h1-14H,15-16H2,(H2,24,26)(H2,25,29,30). The van der Waals surface area contributed by atoms with Crippen LogP contribution in [-0.4, -0.2) is 31.7 Å². The average Bonchev–Trinajstić information content (AvgIpc) is 3.04. The Hall–Kier alpha value is -3.49. The van der Waals surface area contributed by atoms with Gasteiger partial charge in [-0.15, -0.1) is 0 Å². The van der Waals surface area contributed by atoms with E-state index in [1.807, 2.05) is 60.7 Å². The number of nitrogens with zero attached hydrogens (tertiary/aromatic N) is 2. The van der Waals surface area contributed by atoms with Crippen LogP contribution in [0.15, 0.2) is 94.8 Å². The molecule has 7 nitrogen and oxygen atoms in total. The number of aliphatic imine (C=N–C) groups is 1. The van der Waals surface area contributed by atoms with Crippen LogP contribution in [0, 0.1) is 0 Å². The van der Waals surface area contributed by atoms with Crippen LogP contribution in [0.4, 0.5) is 0 Å². The van der Waals surface area contributed by atoms with Crippen LogP contribution in [0.5, 0.6) is 0 Å². The summed E-state index contributed by atoms with van der Waals surface area (Å²) in [5.41, 5.74) is 7.33. The lowest BCUT2D eigenvalue weighted by Crippen LogP contribution is -2.44. The third kappa shape index (κ3) is 3.83. The lowest BCUT2D eigenvalue weighted by molar-refractivity contribution is -0.130. The lowest BCUT2D eigenvalue weighted by Gasteiger charge is -2.27. The molecule has 1 aliphatic rings. The molecule has 0 radical (unpaired) electrons. The number of hydrogen-bond donors (Lipinski definition) is 2. The van der Waals surface area contributed by atoms with E-state index in [0.717, 1.165) is 16.7 Å². The maximum absolute atomic E-state index is 13.7. The van der Waals surface area contributed by atoms with Crippen LogP contribution in [0.25, 0.3) is 0 Å². The van der Waals surface area contributed by atoms with Gasteiger partial charge >= 0.3 is 0 Å². The largest absolute Gasteiger partial charge is 0.369 e. The van der Waals surface area contributed by atoms with E-state index < -0.39 is 15.6 Å². The highest BCUT2D eigenvalue weighted by Gasteiger charge is 2.50. The summed E-state index contributed by atoms with van der Waals surface area (Å²) >= 11 is 0. The zero-order valence-corrected chi connectivity index (χ0v) is 17.5. The van der Waals surface area contributed by atoms with Gasteiger partial charge in [0.05, 0.1) is 4.90 Å². The molecule has 0 bridgehead atoms. The highest BCUT2D eigenvalue weighted by molar-refractivity contribution is 7.89. The Morgan fingerprint density at radius 3 is 1.84 bits per heavy atom. The lowest BCUT2D eigenvalue weighted by atomic mass is 9.83. The Bertz CT molecular complexity index is 1190. The van der Waals surface area contributed by atoms with E-state index in [0.29, 0.717) is 13.0 Å².